The summed E-state index contributed by atoms with van der Waals surface area (Å²) in [6.45, 7) is 2.65. The van der Waals surface area contributed by atoms with Gasteiger partial charge in [0.05, 0.1) is 18.3 Å². The number of anilines is 2. The third kappa shape index (κ3) is 5.04. The van der Waals surface area contributed by atoms with E-state index < -0.39 is 12.7 Å². The maximum Gasteiger partial charge on any atom is 0.405 e. The van der Waals surface area contributed by atoms with Crippen LogP contribution in [-0.4, -0.2) is 29.8 Å². The van der Waals surface area contributed by atoms with Crippen LogP contribution in [-0.2, 0) is 0 Å². The van der Waals surface area contributed by atoms with Crippen LogP contribution in [0.3, 0.4) is 0 Å². The van der Waals surface area contributed by atoms with Gasteiger partial charge in [0, 0.05) is 11.6 Å². The molecule has 1 aromatic heterocycles. The third-order valence-corrected chi connectivity index (χ3v) is 3.65. The molecule has 142 valence electrons. The first-order valence-electron chi connectivity index (χ1n) is 7.59. The highest BCUT2D eigenvalue weighted by molar-refractivity contribution is 6.32. The lowest BCUT2D eigenvalue weighted by atomic mass is 10.0. The molecule has 0 radical (unpaired) electrons. The fourth-order valence-corrected chi connectivity index (χ4v) is 2.32. The van der Waals surface area contributed by atoms with Gasteiger partial charge in [-0.3, -0.25) is 0 Å². The van der Waals surface area contributed by atoms with Crippen molar-refractivity contribution in [2.24, 2.45) is 0 Å². The van der Waals surface area contributed by atoms with Crippen molar-refractivity contribution in [2.45, 2.75) is 25.9 Å². The van der Waals surface area contributed by atoms with Gasteiger partial charge in [-0.15, -0.1) is 0 Å². The number of halogens is 4. The molecule has 26 heavy (non-hydrogen) atoms. The summed E-state index contributed by atoms with van der Waals surface area (Å²) in [5.74, 6) is 0.766. The maximum absolute atomic E-state index is 12.2. The quantitative estimate of drug-likeness (QED) is 0.749. The van der Waals surface area contributed by atoms with Crippen molar-refractivity contribution in [3.05, 3.63) is 28.9 Å². The Labute approximate surface area is 153 Å². The SMILES string of the molecule is COc1cc(C(C)C)c(Oc2cnc(NCC(F)(F)F)nc2N)cc1Cl. The minimum atomic E-state index is -4.39. The summed E-state index contributed by atoms with van der Waals surface area (Å²) in [5, 5.41) is 2.39. The first-order valence-corrected chi connectivity index (χ1v) is 7.97. The summed E-state index contributed by atoms with van der Waals surface area (Å²) in [7, 11) is 1.50. The molecule has 0 saturated heterocycles. The molecular formula is C16H18ClF3N4O2. The van der Waals surface area contributed by atoms with Gasteiger partial charge < -0.3 is 20.5 Å². The molecule has 0 aliphatic carbocycles. The van der Waals surface area contributed by atoms with Crippen LogP contribution >= 0.6 is 11.6 Å². The van der Waals surface area contributed by atoms with Crippen LogP contribution in [0.15, 0.2) is 18.3 Å². The fourth-order valence-electron chi connectivity index (χ4n) is 2.09. The lowest BCUT2D eigenvalue weighted by Crippen LogP contribution is -2.22. The molecule has 0 atom stereocenters. The van der Waals surface area contributed by atoms with Gasteiger partial charge in [0.25, 0.3) is 0 Å². The van der Waals surface area contributed by atoms with Gasteiger partial charge in [0.1, 0.15) is 18.0 Å². The van der Waals surface area contributed by atoms with Crippen molar-refractivity contribution in [3.63, 3.8) is 0 Å². The van der Waals surface area contributed by atoms with Crippen LogP contribution in [0.4, 0.5) is 24.9 Å². The summed E-state index contributed by atoms with van der Waals surface area (Å²) in [6.07, 6.45) is -3.19. The molecule has 1 heterocycles. The van der Waals surface area contributed by atoms with E-state index in [1.165, 1.54) is 13.3 Å². The Morgan fingerprint density at radius 2 is 1.92 bits per heavy atom. The smallest absolute Gasteiger partial charge is 0.405 e. The van der Waals surface area contributed by atoms with Crippen molar-refractivity contribution >= 4 is 23.4 Å². The van der Waals surface area contributed by atoms with E-state index in [1.807, 2.05) is 19.2 Å². The highest BCUT2D eigenvalue weighted by Crippen LogP contribution is 2.39. The zero-order valence-electron chi connectivity index (χ0n) is 14.3. The molecule has 0 spiro atoms. The maximum atomic E-state index is 12.2. The van der Waals surface area contributed by atoms with E-state index in [1.54, 1.807) is 12.1 Å². The van der Waals surface area contributed by atoms with Crippen LogP contribution in [0, 0.1) is 0 Å². The number of alkyl halides is 3. The van der Waals surface area contributed by atoms with Gasteiger partial charge in [-0.1, -0.05) is 25.4 Å². The summed E-state index contributed by atoms with van der Waals surface area (Å²) in [4.78, 5) is 7.56. The number of methoxy groups -OCH3 is 1. The zero-order chi connectivity index (χ0) is 19.5. The standard InChI is InChI=1S/C16H18ClF3N4O2/c1-8(2)9-4-12(25-3)10(17)5-11(9)26-13-6-22-15(24-14(13)21)23-7-16(18,19)20/h4-6,8H,7H2,1-3H3,(H3,21,22,23,24). The number of aromatic nitrogens is 2. The average Bonchev–Trinajstić information content (AvgIpc) is 2.54. The van der Waals surface area contributed by atoms with Gasteiger partial charge in [-0.05, 0) is 12.0 Å². The number of nitrogens with one attached hydrogen (secondary N) is 1. The Bertz CT molecular complexity index is 785. The Balaban J connectivity index is 2.27. The Morgan fingerprint density at radius 1 is 1.23 bits per heavy atom. The number of nitrogens with zero attached hydrogens (tertiary/aromatic N) is 2. The van der Waals surface area contributed by atoms with Crippen LogP contribution in [0.5, 0.6) is 17.2 Å². The Kier molecular flexibility index (Phi) is 6.01. The second kappa shape index (κ2) is 7.86. The predicted molar refractivity (Wildman–Crippen MR) is 93.2 cm³/mol. The van der Waals surface area contributed by atoms with Gasteiger partial charge in [0.15, 0.2) is 11.6 Å². The van der Waals surface area contributed by atoms with Crippen molar-refractivity contribution in [1.29, 1.82) is 0 Å². The van der Waals surface area contributed by atoms with E-state index in [4.69, 9.17) is 26.8 Å². The summed E-state index contributed by atoms with van der Waals surface area (Å²) >= 11 is 6.14. The van der Waals surface area contributed by atoms with Crippen molar-refractivity contribution in [3.8, 4) is 17.2 Å². The summed E-state index contributed by atoms with van der Waals surface area (Å²) in [5.41, 5.74) is 6.58. The highest BCUT2D eigenvalue weighted by Gasteiger charge is 2.27. The molecule has 0 saturated carbocycles. The predicted octanol–water partition coefficient (Wildman–Crippen LogP) is 4.61. The van der Waals surface area contributed by atoms with E-state index in [0.717, 1.165) is 5.56 Å². The molecule has 1 aromatic carbocycles. The van der Waals surface area contributed by atoms with E-state index in [2.05, 4.69) is 9.97 Å². The Hall–Kier alpha value is -2.42. The molecule has 0 fully saturated rings. The molecule has 2 rings (SSSR count). The third-order valence-electron chi connectivity index (χ3n) is 3.36. The summed E-state index contributed by atoms with van der Waals surface area (Å²) < 4.78 is 47.6. The van der Waals surface area contributed by atoms with E-state index in [0.29, 0.717) is 16.5 Å². The largest absolute Gasteiger partial charge is 0.495 e. The molecule has 2 aromatic rings. The highest BCUT2D eigenvalue weighted by atomic mass is 35.5. The number of benzene rings is 1. The number of ether oxygens (including phenoxy) is 2. The van der Waals surface area contributed by atoms with Crippen LogP contribution in [0.2, 0.25) is 5.02 Å². The summed E-state index contributed by atoms with van der Waals surface area (Å²) in [6, 6.07) is 3.32. The zero-order valence-corrected chi connectivity index (χ0v) is 15.1. The van der Waals surface area contributed by atoms with Crippen LogP contribution in [0.25, 0.3) is 0 Å². The molecule has 0 unspecified atom stereocenters. The fraction of sp³-hybridized carbons (Fsp3) is 0.375. The number of nitrogen functional groups attached to an aromatic ring is 1. The molecule has 0 bridgehead atoms. The molecule has 10 heteroatoms. The van der Waals surface area contributed by atoms with Gasteiger partial charge in [-0.25, -0.2) is 4.98 Å². The first kappa shape index (κ1) is 19.9. The van der Waals surface area contributed by atoms with Gasteiger partial charge in [0.2, 0.25) is 5.95 Å². The minimum absolute atomic E-state index is 0.0889. The normalized spacial score (nSPS) is 11.5. The second-order valence-corrected chi connectivity index (χ2v) is 6.10. The van der Waals surface area contributed by atoms with Crippen LogP contribution in [0.1, 0.15) is 25.3 Å². The average molecular weight is 391 g/mol. The molecular weight excluding hydrogens is 373 g/mol. The number of hydrogen-bond donors (Lipinski definition) is 2. The molecule has 3 N–H and O–H groups in total. The van der Waals surface area contributed by atoms with E-state index >= 15 is 0 Å². The van der Waals surface area contributed by atoms with E-state index in [-0.39, 0.29) is 23.4 Å². The number of hydrogen-bond acceptors (Lipinski definition) is 6. The van der Waals surface area contributed by atoms with Crippen LogP contribution < -0.4 is 20.5 Å². The number of rotatable bonds is 6. The number of nitrogens with two attached hydrogens (primary N) is 1. The Morgan fingerprint density at radius 3 is 2.46 bits per heavy atom. The molecule has 0 amide bonds. The van der Waals surface area contributed by atoms with Crippen molar-refractivity contribution in [2.75, 3.05) is 24.7 Å². The lowest BCUT2D eigenvalue weighted by molar-refractivity contribution is -0.115. The van der Waals surface area contributed by atoms with Crippen molar-refractivity contribution < 1.29 is 22.6 Å². The second-order valence-electron chi connectivity index (χ2n) is 5.69. The van der Waals surface area contributed by atoms with Gasteiger partial charge in [-0.2, -0.15) is 18.2 Å². The van der Waals surface area contributed by atoms with E-state index in [9.17, 15) is 13.2 Å². The molecule has 6 nitrogen and oxygen atoms in total. The first-order chi connectivity index (χ1) is 12.1. The molecule has 0 aliphatic rings. The molecule has 0 aliphatic heterocycles. The topological polar surface area (TPSA) is 82.3 Å². The lowest BCUT2D eigenvalue weighted by Gasteiger charge is -2.17. The van der Waals surface area contributed by atoms with Crippen molar-refractivity contribution in [1.82, 2.24) is 9.97 Å². The minimum Gasteiger partial charge on any atom is -0.495 e. The monoisotopic (exact) mass is 390 g/mol. The van der Waals surface area contributed by atoms with Gasteiger partial charge >= 0.3 is 6.18 Å².